The Labute approximate surface area is 97.6 Å². The lowest BCUT2D eigenvalue weighted by Crippen LogP contribution is -1.98. The van der Waals surface area contributed by atoms with Crippen molar-refractivity contribution in [1.29, 1.82) is 0 Å². The summed E-state index contributed by atoms with van der Waals surface area (Å²) < 4.78 is 10.3. The van der Waals surface area contributed by atoms with Gasteiger partial charge in [-0.25, -0.2) is 4.79 Å². The van der Waals surface area contributed by atoms with Crippen LogP contribution in [0.2, 0.25) is 0 Å². The third-order valence-electron chi connectivity index (χ3n) is 2.46. The molecule has 0 saturated carbocycles. The normalized spacial score (nSPS) is 10.2. The Morgan fingerprint density at radius 1 is 1.47 bits per heavy atom. The first-order valence-electron chi connectivity index (χ1n) is 4.97. The van der Waals surface area contributed by atoms with Gasteiger partial charge in [0.25, 0.3) is 0 Å². The van der Waals surface area contributed by atoms with E-state index in [0.717, 1.165) is 5.56 Å². The smallest absolute Gasteiger partial charge is 0.341 e. The highest BCUT2D eigenvalue weighted by atomic mass is 16.5. The summed E-state index contributed by atoms with van der Waals surface area (Å²) in [5.74, 6) is -0.283. The highest BCUT2D eigenvalue weighted by Crippen LogP contribution is 2.34. The third-order valence-corrected chi connectivity index (χ3v) is 2.46. The van der Waals surface area contributed by atoms with Gasteiger partial charge in [-0.3, -0.25) is 0 Å². The topological polar surface area (TPSA) is 72.6 Å². The lowest BCUT2D eigenvalue weighted by molar-refractivity contribution is 0.0697. The van der Waals surface area contributed by atoms with E-state index >= 15 is 0 Å². The molecular formula is C12H11NO4. The quantitative estimate of drug-likeness (QED) is 0.880. The maximum absolute atomic E-state index is 11.0. The van der Waals surface area contributed by atoms with Gasteiger partial charge in [-0.1, -0.05) is 17.3 Å². The molecule has 0 radical (unpaired) electrons. The van der Waals surface area contributed by atoms with E-state index < -0.39 is 5.97 Å². The molecule has 5 nitrogen and oxygen atoms in total. The van der Waals surface area contributed by atoms with Crippen LogP contribution in [0.15, 0.2) is 28.9 Å². The molecule has 2 aromatic rings. The zero-order valence-corrected chi connectivity index (χ0v) is 9.43. The Kier molecular flexibility index (Phi) is 2.82. The van der Waals surface area contributed by atoms with E-state index in [1.165, 1.54) is 13.3 Å². The fraction of sp³-hybridized carbons (Fsp3) is 0.167. The van der Waals surface area contributed by atoms with Gasteiger partial charge >= 0.3 is 5.97 Å². The van der Waals surface area contributed by atoms with E-state index in [1.807, 2.05) is 13.0 Å². The molecule has 0 unspecified atom stereocenters. The van der Waals surface area contributed by atoms with Gasteiger partial charge in [0.2, 0.25) is 0 Å². The molecule has 5 heteroatoms. The van der Waals surface area contributed by atoms with Gasteiger partial charge in [-0.15, -0.1) is 0 Å². The van der Waals surface area contributed by atoms with Crippen LogP contribution in [0.3, 0.4) is 0 Å². The molecule has 0 spiro atoms. The Bertz CT molecular complexity index is 559. The summed E-state index contributed by atoms with van der Waals surface area (Å²) in [6.45, 7) is 1.87. The van der Waals surface area contributed by atoms with E-state index in [2.05, 4.69) is 5.16 Å². The second-order valence-electron chi connectivity index (χ2n) is 3.53. The highest BCUT2D eigenvalue weighted by Gasteiger charge is 2.20. The number of methoxy groups -OCH3 is 1. The zero-order valence-electron chi connectivity index (χ0n) is 9.43. The molecule has 17 heavy (non-hydrogen) atoms. The van der Waals surface area contributed by atoms with Crippen molar-refractivity contribution in [2.45, 2.75) is 6.92 Å². The first-order chi connectivity index (χ1) is 8.15. The predicted octanol–water partition coefficient (Wildman–Crippen LogP) is 2.36. The summed E-state index contributed by atoms with van der Waals surface area (Å²) in [5.41, 5.74) is 1.51. The standard InChI is InChI=1S/C12H11NO4/c1-7-4-3-5-8(10(7)16-2)11-9(12(14)15)6-13-17-11/h3-6H,1-2H3,(H,14,15). The zero-order chi connectivity index (χ0) is 12.4. The molecule has 0 amide bonds. The number of hydrogen-bond acceptors (Lipinski definition) is 4. The van der Waals surface area contributed by atoms with Crippen molar-refractivity contribution in [2.75, 3.05) is 7.11 Å². The van der Waals surface area contributed by atoms with Gasteiger partial charge in [-0.2, -0.15) is 0 Å². The Balaban J connectivity index is 2.64. The first kappa shape index (κ1) is 11.2. The van der Waals surface area contributed by atoms with Crippen molar-refractivity contribution in [1.82, 2.24) is 5.16 Å². The van der Waals surface area contributed by atoms with Crippen LogP contribution >= 0.6 is 0 Å². The van der Waals surface area contributed by atoms with E-state index in [9.17, 15) is 4.79 Å². The molecule has 0 aliphatic heterocycles. The van der Waals surface area contributed by atoms with E-state index in [-0.39, 0.29) is 11.3 Å². The number of hydrogen-bond donors (Lipinski definition) is 1. The summed E-state index contributed by atoms with van der Waals surface area (Å²) in [5, 5.41) is 12.5. The number of ether oxygens (including phenoxy) is 1. The minimum atomic E-state index is -1.08. The van der Waals surface area contributed by atoms with Crippen LogP contribution in [-0.2, 0) is 0 Å². The maximum atomic E-state index is 11.0. The molecule has 0 fully saturated rings. The highest BCUT2D eigenvalue weighted by molar-refractivity contribution is 5.94. The minimum Gasteiger partial charge on any atom is -0.496 e. The number of aromatic carboxylic acids is 1. The van der Waals surface area contributed by atoms with Crippen molar-refractivity contribution in [3.63, 3.8) is 0 Å². The van der Waals surface area contributed by atoms with E-state index in [0.29, 0.717) is 11.3 Å². The SMILES string of the molecule is COc1c(C)cccc1-c1oncc1C(=O)O. The van der Waals surface area contributed by atoms with Gasteiger partial charge in [0.15, 0.2) is 5.76 Å². The Hall–Kier alpha value is -2.30. The molecule has 0 aliphatic carbocycles. The third kappa shape index (κ3) is 1.87. The van der Waals surface area contributed by atoms with Crippen molar-refractivity contribution < 1.29 is 19.2 Å². The monoisotopic (exact) mass is 233 g/mol. The largest absolute Gasteiger partial charge is 0.496 e. The average Bonchev–Trinajstić information content (AvgIpc) is 2.77. The summed E-state index contributed by atoms with van der Waals surface area (Å²) in [4.78, 5) is 11.0. The van der Waals surface area contributed by atoms with Gasteiger partial charge in [0.05, 0.1) is 18.9 Å². The van der Waals surface area contributed by atoms with Crippen LogP contribution in [0.1, 0.15) is 15.9 Å². The Morgan fingerprint density at radius 3 is 2.88 bits per heavy atom. The van der Waals surface area contributed by atoms with Gasteiger partial charge in [0, 0.05) is 0 Å². The number of rotatable bonds is 3. The lowest BCUT2D eigenvalue weighted by Gasteiger charge is -2.08. The summed E-state index contributed by atoms with van der Waals surface area (Å²) in [6, 6.07) is 5.42. The van der Waals surface area contributed by atoms with Crippen LogP contribution in [0, 0.1) is 6.92 Å². The molecule has 88 valence electrons. The average molecular weight is 233 g/mol. The van der Waals surface area contributed by atoms with Gasteiger partial charge in [0.1, 0.15) is 11.3 Å². The van der Waals surface area contributed by atoms with Crippen LogP contribution in [0.25, 0.3) is 11.3 Å². The molecule has 1 aromatic carbocycles. The number of para-hydroxylation sites is 1. The molecule has 2 rings (SSSR count). The first-order valence-corrected chi connectivity index (χ1v) is 4.97. The summed E-state index contributed by atoms with van der Waals surface area (Å²) >= 11 is 0. The molecule has 1 heterocycles. The van der Waals surface area contributed by atoms with Crippen LogP contribution in [-0.4, -0.2) is 23.3 Å². The second kappa shape index (κ2) is 4.29. The van der Waals surface area contributed by atoms with Crippen molar-refractivity contribution in [3.05, 3.63) is 35.5 Å². The minimum absolute atomic E-state index is 0.0221. The molecule has 1 N–H and O–H groups in total. The van der Waals surface area contributed by atoms with Crippen molar-refractivity contribution in [2.24, 2.45) is 0 Å². The molecular weight excluding hydrogens is 222 g/mol. The molecule has 0 bridgehead atoms. The van der Waals surface area contributed by atoms with Crippen LogP contribution in [0.5, 0.6) is 5.75 Å². The maximum Gasteiger partial charge on any atom is 0.341 e. The molecule has 1 aromatic heterocycles. The fourth-order valence-electron chi connectivity index (χ4n) is 1.69. The number of carbonyl (C=O) groups is 1. The number of carboxylic acids is 1. The van der Waals surface area contributed by atoms with Crippen LogP contribution in [0.4, 0.5) is 0 Å². The van der Waals surface area contributed by atoms with Gasteiger partial charge < -0.3 is 14.4 Å². The second-order valence-corrected chi connectivity index (χ2v) is 3.53. The summed E-state index contributed by atoms with van der Waals surface area (Å²) in [7, 11) is 1.53. The van der Waals surface area contributed by atoms with Crippen molar-refractivity contribution in [3.8, 4) is 17.1 Å². The van der Waals surface area contributed by atoms with Gasteiger partial charge in [-0.05, 0) is 18.6 Å². The summed E-state index contributed by atoms with van der Waals surface area (Å²) in [6.07, 6.45) is 1.18. The number of aromatic nitrogens is 1. The predicted molar refractivity (Wildman–Crippen MR) is 60.2 cm³/mol. The van der Waals surface area contributed by atoms with Crippen LogP contribution < -0.4 is 4.74 Å². The van der Waals surface area contributed by atoms with E-state index in [4.69, 9.17) is 14.4 Å². The van der Waals surface area contributed by atoms with Crippen molar-refractivity contribution >= 4 is 5.97 Å². The lowest BCUT2D eigenvalue weighted by atomic mass is 10.0. The number of benzene rings is 1. The fourth-order valence-corrected chi connectivity index (χ4v) is 1.69. The molecule has 0 aliphatic rings. The molecule has 0 saturated heterocycles. The number of nitrogens with zero attached hydrogens (tertiary/aromatic N) is 1. The Morgan fingerprint density at radius 2 is 2.24 bits per heavy atom. The van der Waals surface area contributed by atoms with E-state index in [1.54, 1.807) is 12.1 Å². The number of carboxylic acid groups (broad SMARTS) is 1. The molecule has 0 atom stereocenters. The number of aryl methyl sites for hydroxylation is 1.